The monoisotopic (exact) mass is 436 g/mol. The van der Waals surface area contributed by atoms with E-state index in [1.165, 1.54) is 11.1 Å². The van der Waals surface area contributed by atoms with Crippen LogP contribution in [0.25, 0.3) is 0 Å². The zero-order valence-corrected chi connectivity index (χ0v) is 18.1. The number of halogens is 1. The van der Waals surface area contributed by atoms with E-state index in [1.54, 1.807) is 4.90 Å². The molecule has 3 aliphatic rings. The van der Waals surface area contributed by atoms with Crippen molar-refractivity contribution in [3.63, 3.8) is 0 Å². The highest BCUT2D eigenvalue weighted by Crippen LogP contribution is 2.52. The van der Waals surface area contributed by atoms with Gasteiger partial charge >= 0.3 is 0 Å². The van der Waals surface area contributed by atoms with E-state index < -0.39 is 17.4 Å². The van der Waals surface area contributed by atoms with Gasteiger partial charge in [-0.15, -0.1) is 0 Å². The van der Waals surface area contributed by atoms with Gasteiger partial charge in [-0.3, -0.25) is 9.59 Å². The van der Waals surface area contributed by atoms with Crippen LogP contribution >= 0.6 is 11.6 Å². The molecule has 1 N–H and O–H groups in total. The maximum absolute atomic E-state index is 13.3. The Morgan fingerprint density at radius 3 is 2.77 bits per heavy atom. The largest absolute Gasteiger partial charge is 0.360 e. The first kappa shape index (κ1) is 20.3. The Hall–Kier alpha value is -2.63. The normalized spacial score (nSPS) is 28.3. The van der Waals surface area contributed by atoms with Gasteiger partial charge < -0.3 is 15.0 Å². The van der Waals surface area contributed by atoms with Gasteiger partial charge in [0.05, 0.1) is 24.5 Å². The highest BCUT2D eigenvalue weighted by molar-refractivity contribution is 6.31. The molecule has 2 amide bonds. The van der Waals surface area contributed by atoms with Crippen LogP contribution in [0.1, 0.15) is 16.7 Å². The minimum absolute atomic E-state index is 0.0366. The summed E-state index contributed by atoms with van der Waals surface area (Å²) in [6.07, 6.45) is 4.33. The Morgan fingerprint density at radius 1 is 1.23 bits per heavy atom. The summed E-state index contributed by atoms with van der Waals surface area (Å²) in [4.78, 5) is 28.2. The maximum atomic E-state index is 13.3. The number of aryl methyl sites for hydroxylation is 1. The van der Waals surface area contributed by atoms with Gasteiger partial charge in [0.1, 0.15) is 5.60 Å². The molecule has 160 valence electrons. The van der Waals surface area contributed by atoms with Gasteiger partial charge in [0.25, 0.3) is 0 Å². The Labute approximate surface area is 187 Å². The van der Waals surface area contributed by atoms with Gasteiger partial charge in [-0.1, -0.05) is 71.8 Å². The Balaban J connectivity index is 1.27. The number of hydrogen-bond donors (Lipinski definition) is 1. The Morgan fingerprint density at radius 2 is 2.00 bits per heavy atom. The molecule has 4 atom stereocenters. The molecule has 5 nitrogen and oxygen atoms in total. The molecule has 2 aromatic rings. The topological polar surface area (TPSA) is 58.6 Å². The lowest BCUT2D eigenvalue weighted by atomic mass is 9.77. The van der Waals surface area contributed by atoms with Crippen LogP contribution in [0.5, 0.6) is 0 Å². The lowest BCUT2D eigenvalue weighted by molar-refractivity contribution is -0.137. The predicted octanol–water partition coefficient (Wildman–Crippen LogP) is 3.29. The highest BCUT2D eigenvalue weighted by atomic mass is 35.5. The summed E-state index contributed by atoms with van der Waals surface area (Å²) in [5.41, 5.74) is 2.58. The van der Waals surface area contributed by atoms with Crippen molar-refractivity contribution in [1.82, 2.24) is 10.2 Å². The molecular weight excluding hydrogens is 412 g/mol. The molecule has 0 radical (unpaired) electrons. The summed E-state index contributed by atoms with van der Waals surface area (Å²) in [5, 5.41) is 3.67. The zero-order valence-electron chi connectivity index (χ0n) is 17.4. The zero-order chi connectivity index (χ0) is 21.6. The van der Waals surface area contributed by atoms with E-state index in [0.717, 1.165) is 12.0 Å². The van der Waals surface area contributed by atoms with Crippen molar-refractivity contribution < 1.29 is 14.3 Å². The van der Waals surface area contributed by atoms with Crippen LogP contribution < -0.4 is 5.32 Å². The number of amides is 2. The molecule has 6 heteroatoms. The molecule has 2 aromatic carbocycles. The molecule has 0 aromatic heterocycles. The van der Waals surface area contributed by atoms with Crippen molar-refractivity contribution in [2.75, 3.05) is 13.1 Å². The molecule has 5 rings (SSSR count). The number of ether oxygens (including phenoxy) is 1. The van der Waals surface area contributed by atoms with Gasteiger partial charge in [0.15, 0.2) is 0 Å². The van der Waals surface area contributed by atoms with Crippen LogP contribution in [0.15, 0.2) is 60.7 Å². The van der Waals surface area contributed by atoms with Crippen LogP contribution in [0.2, 0.25) is 5.02 Å². The Bertz CT molecular complexity index is 1050. The van der Waals surface area contributed by atoms with Crippen molar-refractivity contribution in [1.29, 1.82) is 0 Å². The summed E-state index contributed by atoms with van der Waals surface area (Å²) >= 11 is 6.30. The molecule has 2 unspecified atom stereocenters. The van der Waals surface area contributed by atoms with Crippen molar-refractivity contribution in [2.45, 2.75) is 31.6 Å². The van der Waals surface area contributed by atoms with E-state index in [4.69, 9.17) is 16.3 Å². The lowest BCUT2D eigenvalue weighted by Crippen LogP contribution is -2.44. The molecule has 3 aliphatic heterocycles. The number of nitrogens with one attached hydrogen (secondary N) is 1. The molecule has 2 saturated heterocycles. The molecule has 0 aliphatic carbocycles. The third-order valence-corrected chi connectivity index (χ3v) is 7.00. The number of carbonyl (C=O) groups excluding carboxylic acids is 2. The summed E-state index contributed by atoms with van der Waals surface area (Å²) in [6, 6.07) is 15.8. The number of benzene rings is 2. The van der Waals surface area contributed by atoms with Gasteiger partial charge in [-0.05, 0) is 30.5 Å². The smallest absolute Gasteiger partial charge is 0.230 e. The minimum atomic E-state index is -0.706. The quantitative estimate of drug-likeness (QED) is 0.707. The summed E-state index contributed by atoms with van der Waals surface area (Å²) in [5.74, 6) is -1.12. The first-order valence-corrected chi connectivity index (χ1v) is 11.1. The summed E-state index contributed by atoms with van der Waals surface area (Å²) < 4.78 is 6.20. The van der Waals surface area contributed by atoms with E-state index in [9.17, 15) is 9.59 Å². The van der Waals surface area contributed by atoms with Crippen LogP contribution in [0.3, 0.4) is 0 Å². The van der Waals surface area contributed by atoms with Gasteiger partial charge in [0, 0.05) is 18.1 Å². The maximum Gasteiger partial charge on any atom is 0.230 e. The van der Waals surface area contributed by atoms with E-state index in [2.05, 4.69) is 36.5 Å². The number of carbonyl (C=O) groups is 2. The fourth-order valence-corrected chi connectivity index (χ4v) is 5.24. The van der Waals surface area contributed by atoms with Gasteiger partial charge in [-0.2, -0.15) is 0 Å². The minimum Gasteiger partial charge on any atom is -0.360 e. The lowest BCUT2D eigenvalue weighted by Gasteiger charge is -2.23. The SMILES string of the molecule is Cc1ccc(CCNC(=O)[C@@H]2C3C=CC4(CN(Cc5ccccc5Cl)C(=O)[C@H]24)O3)cc1. The van der Waals surface area contributed by atoms with Crippen molar-refractivity contribution in [2.24, 2.45) is 11.8 Å². The van der Waals surface area contributed by atoms with Crippen LogP contribution in [-0.2, 0) is 27.3 Å². The molecular formula is C25H25ClN2O3. The average molecular weight is 437 g/mol. The number of likely N-dealkylation sites (tertiary alicyclic amines) is 1. The second-order valence-corrected chi connectivity index (χ2v) is 9.12. The van der Waals surface area contributed by atoms with Gasteiger partial charge in [0.2, 0.25) is 11.8 Å². The molecule has 0 saturated carbocycles. The second-order valence-electron chi connectivity index (χ2n) is 8.71. The summed E-state index contributed by atoms with van der Waals surface area (Å²) in [6.45, 7) is 3.45. The molecule has 2 bridgehead atoms. The predicted molar refractivity (Wildman–Crippen MR) is 118 cm³/mol. The molecule has 2 fully saturated rings. The molecule has 1 spiro atoms. The first-order chi connectivity index (χ1) is 15.0. The van der Waals surface area contributed by atoms with E-state index in [-0.39, 0.29) is 17.9 Å². The van der Waals surface area contributed by atoms with Crippen LogP contribution in [0, 0.1) is 18.8 Å². The number of hydrogen-bond acceptors (Lipinski definition) is 3. The number of fused-ring (bicyclic) bond motifs is 1. The standard InChI is InChI=1S/C25H25ClN2O3/c1-16-6-8-17(9-7-16)11-13-27-23(29)21-20-10-12-25(31-20)15-28(24(30)22(21)25)14-18-4-2-3-5-19(18)26/h2-10,12,20-22H,11,13-15H2,1H3,(H,27,29)/t20?,21-,22+,25?/m1/s1. The van der Waals surface area contributed by atoms with Crippen molar-refractivity contribution in [3.05, 3.63) is 82.4 Å². The van der Waals surface area contributed by atoms with E-state index in [1.807, 2.05) is 36.4 Å². The summed E-state index contributed by atoms with van der Waals surface area (Å²) in [7, 11) is 0. The van der Waals surface area contributed by atoms with Crippen molar-refractivity contribution in [3.8, 4) is 0 Å². The third kappa shape index (κ3) is 3.56. The fraction of sp³-hybridized carbons (Fsp3) is 0.360. The highest BCUT2D eigenvalue weighted by Gasteiger charge is 2.66. The second kappa shape index (κ2) is 7.81. The van der Waals surface area contributed by atoms with Crippen molar-refractivity contribution >= 4 is 23.4 Å². The van der Waals surface area contributed by atoms with E-state index >= 15 is 0 Å². The Kier molecular flexibility index (Phi) is 5.11. The fourth-order valence-electron chi connectivity index (χ4n) is 5.05. The molecule has 31 heavy (non-hydrogen) atoms. The van der Waals surface area contributed by atoms with Crippen LogP contribution in [-0.4, -0.2) is 41.5 Å². The first-order valence-electron chi connectivity index (χ1n) is 10.7. The van der Waals surface area contributed by atoms with Crippen LogP contribution in [0.4, 0.5) is 0 Å². The number of nitrogens with zero attached hydrogens (tertiary/aromatic N) is 1. The van der Waals surface area contributed by atoms with E-state index in [0.29, 0.717) is 24.7 Å². The third-order valence-electron chi connectivity index (χ3n) is 6.63. The number of rotatable bonds is 6. The average Bonchev–Trinajstić information content (AvgIpc) is 3.39. The molecule has 3 heterocycles. The van der Waals surface area contributed by atoms with Gasteiger partial charge in [-0.25, -0.2) is 0 Å².